The van der Waals surface area contributed by atoms with E-state index in [4.69, 9.17) is 9.47 Å². The molecule has 1 heterocycles. The summed E-state index contributed by atoms with van der Waals surface area (Å²) in [4.78, 5) is 12.3. The van der Waals surface area contributed by atoms with Crippen molar-refractivity contribution < 1.29 is 14.3 Å². The molecule has 0 radical (unpaired) electrons. The molecule has 1 aliphatic rings. The Kier molecular flexibility index (Phi) is 4.47. The van der Waals surface area contributed by atoms with E-state index in [1.807, 2.05) is 25.1 Å². The van der Waals surface area contributed by atoms with Crippen molar-refractivity contribution in [1.82, 2.24) is 0 Å². The largest absolute Gasteiger partial charge is 0.496 e. The van der Waals surface area contributed by atoms with Crippen molar-refractivity contribution in [3.63, 3.8) is 0 Å². The SMILES string of the molecule is COc1ccc(NC(=O)C2(C)CCOCC2)cc1Br. The third-order valence-corrected chi connectivity index (χ3v) is 4.17. The van der Waals surface area contributed by atoms with Gasteiger partial charge in [0.05, 0.1) is 17.0 Å². The number of nitrogens with one attached hydrogen (secondary N) is 1. The van der Waals surface area contributed by atoms with Crippen LogP contribution in [0.15, 0.2) is 22.7 Å². The molecular weight excluding hydrogens is 310 g/mol. The summed E-state index contributed by atoms with van der Waals surface area (Å²) in [5, 5.41) is 2.96. The minimum Gasteiger partial charge on any atom is -0.496 e. The van der Waals surface area contributed by atoms with Crippen molar-refractivity contribution in [3.05, 3.63) is 22.7 Å². The number of hydrogen-bond donors (Lipinski definition) is 1. The molecule has 0 bridgehead atoms. The van der Waals surface area contributed by atoms with E-state index in [0.717, 1.165) is 28.8 Å². The summed E-state index contributed by atoms with van der Waals surface area (Å²) in [5.74, 6) is 0.795. The number of anilines is 1. The van der Waals surface area contributed by atoms with Gasteiger partial charge in [-0.3, -0.25) is 4.79 Å². The second kappa shape index (κ2) is 5.92. The minimum absolute atomic E-state index is 0.0490. The van der Waals surface area contributed by atoms with E-state index in [9.17, 15) is 4.79 Å². The van der Waals surface area contributed by atoms with Gasteiger partial charge in [-0.2, -0.15) is 0 Å². The molecule has 104 valence electrons. The summed E-state index contributed by atoms with van der Waals surface area (Å²) in [5.41, 5.74) is 0.426. The first-order chi connectivity index (χ1) is 9.05. The van der Waals surface area contributed by atoms with E-state index in [1.54, 1.807) is 7.11 Å². The van der Waals surface area contributed by atoms with E-state index < -0.39 is 0 Å². The van der Waals surface area contributed by atoms with Gasteiger partial charge in [0, 0.05) is 18.9 Å². The average molecular weight is 328 g/mol. The number of rotatable bonds is 3. The lowest BCUT2D eigenvalue weighted by atomic mass is 9.81. The molecule has 1 saturated heterocycles. The molecule has 1 aromatic carbocycles. The molecule has 5 heteroatoms. The molecule has 0 saturated carbocycles. The second-order valence-electron chi connectivity index (χ2n) is 4.98. The summed E-state index contributed by atoms with van der Waals surface area (Å²) in [7, 11) is 1.61. The van der Waals surface area contributed by atoms with Crippen LogP contribution in [-0.4, -0.2) is 26.2 Å². The predicted octanol–water partition coefficient (Wildman–Crippen LogP) is 3.21. The Morgan fingerprint density at radius 2 is 2.11 bits per heavy atom. The van der Waals surface area contributed by atoms with Crippen molar-refractivity contribution in [2.45, 2.75) is 19.8 Å². The van der Waals surface area contributed by atoms with Crippen molar-refractivity contribution >= 4 is 27.5 Å². The lowest BCUT2D eigenvalue weighted by Crippen LogP contribution is -2.38. The highest BCUT2D eigenvalue weighted by Crippen LogP contribution is 2.33. The highest BCUT2D eigenvalue weighted by molar-refractivity contribution is 9.10. The Balaban J connectivity index is 2.08. The van der Waals surface area contributed by atoms with Crippen molar-refractivity contribution in [2.24, 2.45) is 5.41 Å². The fourth-order valence-corrected chi connectivity index (χ4v) is 2.62. The topological polar surface area (TPSA) is 47.6 Å². The molecule has 0 spiro atoms. The maximum absolute atomic E-state index is 12.3. The summed E-state index contributed by atoms with van der Waals surface area (Å²) in [6, 6.07) is 5.51. The van der Waals surface area contributed by atoms with Crippen LogP contribution in [0.4, 0.5) is 5.69 Å². The number of benzene rings is 1. The molecule has 0 aromatic heterocycles. The van der Waals surface area contributed by atoms with Crippen molar-refractivity contribution in [2.75, 3.05) is 25.6 Å². The summed E-state index contributed by atoms with van der Waals surface area (Å²) in [6.07, 6.45) is 1.52. The van der Waals surface area contributed by atoms with Gasteiger partial charge in [0.15, 0.2) is 0 Å². The first-order valence-corrected chi connectivity index (χ1v) is 7.07. The van der Waals surface area contributed by atoms with Gasteiger partial charge in [0.2, 0.25) is 5.91 Å². The van der Waals surface area contributed by atoms with E-state index >= 15 is 0 Å². The highest BCUT2D eigenvalue weighted by Gasteiger charge is 2.35. The van der Waals surface area contributed by atoms with Gasteiger partial charge in [0.25, 0.3) is 0 Å². The maximum atomic E-state index is 12.3. The highest BCUT2D eigenvalue weighted by atomic mass is 79.9. The molecular formula is C14H18BrNO3. The molecule has 1 N–H and O–H groups in total. The number of methoxy groups -OCH3 is 1. The first-order valence-electron chi connectivity index (χ1n) is 6.28. The maximum Gasteiger partial charge on any atom is 0.230 e. The molecule has 19 heavy (non-hydrogen) atoms. The molecule has 0 aliphatic carbocycles. The zero-order chi connectivity index (χ0) is 13.9. The Morgan fingerprint density at radius 3 is 2.68 bits per heavy atom. The Hall–Kier alpha value is -1.07. The van der Waals surface area contributed by atoms with Gasteiger partial charge in [0.1, 0.15) is 5.75 Å². The van der Waals surface area contributed by atoms with Gasteiger partial charge >= 0.3 is 0 Å². The van der Waals surface area contributed by atoms with Crippen LogP contribution in [0.3, 0.4) is 0 Å². The Morgan fingerprint density at radius 1 is 1.42 bits per heavy atom. The van der Waals surface area contributed by atoms with Crippen LogP contribution in [0.1, 0.15) is 19.8 Å². The molecule has 1 fully saturated rings. The quantitative estimate of drug-likeness (QED) is 0.927. The zero-order valence-electron chi connectivity index (χ0n) is 11.2. The van der Waals surface area contributed by atoms with Crippen LogP contribution in [0.2, 0.25) is 0 Å². The van der Waals surface area contributed by atoms with E-state index in [0.29, 0.717) is 13.2 Å². The van der Waals surface area contributed by atoms with Crippen molar-refractivity contribution in [1.29, 1.82) is 0 Å². The van der Waals surface area contributed by atoms with Crippen LogP contribution in [0, 0.1) is 5.41 Å². The fourth-order valence-electron chi connectivity index (χ4n) is 2.08. The molecule has 0 unspecified atom stereocenters. The average Bonchev–Trinajstić information content (AvgIpc) is 2.40. The lowest BCUT2D eigenvalue weighted by Gasteiger charge is -2.32. The normalized spacial score (nSPS) is 17.8. The van der Waals surface area contributed by atoms with E-state index in [-0.39, 0.29) is 11.3 Å². The molecule has 1 aliphatic heterocycles. The fraction of sp³-hybridized carbons (Fsp3) is 0.500. The Labute approximate surface area is 121 Å². The lowest BCUT2D eigenvalue weighted by molar-refractivity contribution is -0.129. The third-order valence-electron chi connectivity index (χ3n) is 3.55. The molecule has 4 nitrogen and oxygen atoms in total. The molecule has 1 aromatic rings. The molecule has 1 amide bonds. The predicted molar refractivity (Wildman–Crippen MR) is 77.5 cm³/mol. The third kappa shape index (κ3) is 3.28. The number of halogens is 1. The molecule has 2 rings (SSSR count). The zero-order valence-corrected chi connectivity index (χ0v) is 12.7. The first kappa shape index (κ1) is 14.3. The van der Waals surface area contributed by atoms with Gasteiger partial charge in [-0.15, -0.1) is 0 Å². The van der Waals surface area contributed by atoms with E-state index in [1.165, 1.54) is 0 Å². The number of ether oxygens (including phenoxy) is 2. The summed E-state index contributed by atoms with van der Waals surface area (Å²) >= 11 is 3.41. The van der Waals surface area contributed by atoms with E-state index in [2.05, 4.69) is 21.2 Å². The van der Waals surface area contributed by atoms with Gasteiger partial charge in [-0.25, -0.2) is 0 Å². The van der Waals surface area contributed by atoms with Crippen LogP contribution in [0.5, 0.6) is 5.75 Å². The second-order valence-corrected chi connectivity index (χ2v) is 5.83. The summed E-state index contributed by atoms with van der Waals surface area (Å²) < 4.78 is 11.3. The van der Waals surface area contributed by atoms with Crippen molar-refractivity contribution in [3.8, 4) is 5.75 Å². The standard InChI is InChI=1S/C14H18BrNO3/c1-14(5-7-19-8-6-14)13(17)16-10-3-4-12(18-2)11(15)9-10/h3-4,9H,5-8H2,1-2H3,(H,16,17). The van der Waals surface area contributed by atoms with Gasteiger partial charge in [-0.05, 0) is 47.0 Å². The summed E-state index contributed by atoms with van der Waals surface area (Å²) in [6.45, 7) is 3.29. The number of carbonyl (C=O) groups is 1. The molecule has 0 atom stereocenters. The van der Waals surface area contributed by atoms with Crippen LogP contribution in [-0.2, 0) is 9.53 Å². The Bertz CT molecular complexity index is 470. The van der Waals surface area contributed by atoms with Gasteiger partial charge in [-0.1, -0.05) is 6.92 Å². The van der Waals surface area contributed by atoms with Gasteiger partial charge < -0.3 is 14.8 Å². The minimum atomic E-state index is -0.343. The smallest absolute Gasteiger partial charge is 0.230 e. The number of amides is 1. The van der Waals surface area contributed by atoms with Crippen LogP contribution in [0.25, 0.3) is 0 Å². The number of hydrogen-bond acceptors (Lipinski definition) is 3. The number of carbonyl (C=O) groups excluding carboxylic acids is 1. The van der Waals surface area contributed by atoms with Crippen LogP contribution < -0.4 is 10.1 Å². The van der Waals surface area contributed by atoms with Crippen LogP contribution >= 0.6 is 15.9 Å². The monoisotopic (exact) mass is 327 g/mol.